The number of anilines is 1. The van der Waals surface area contributed by atoms with E-state index >= 15 is 0 Å². The molecule has 1 saturated carbocycles. The Morgan fingerprint density at radius 3 is 2.36 bits per heavy atom. The van der Waals surface area contributed by atoms with Gasteiger partial charge in [0.2, 0.25) is 5.91 Å². The van der Waals surface area contributed by atoms with Gasteiger partial charge in [0.1, 0.15) is 11.6 Å². The zero-order valence-corrected chi connectivity index (χ0v) is 15.0. The molecule has 0 spiro atoms. The van der Waals surface area contributed by atoms with Gasteiger partial charge in [-0.3, -0.25) is 4.79 Å². The molecule has 28 heavy (non-hydrogen) atoms. The van der Waals surface area contributed by atoms with Crippen molar-refractivity contribution in [2.75, 3.05) is 31.1 Å². The Hall–Kier alpha value is -2.64. The molecule has 2 fully saturated rings. The van der Waals surface area contributed by atoms with Gasteiger partial charge in [-0.2, -0.15) is 13.2 Å². The van der Waals surface area contributed by atoms with Gasteiger partial charge < -0.3 is 9.80 Å². The summed E-state index contributed by atoms with van der Waals surface area (Å²) in [6, 6.07) is 8.91. The van der Waals surface area contributed by atoms with Crippen LogP contribution >= 0.6 is 0 Å². The van der Waals surface area contributed by atoms with Crippen molar-refractivity contribution in [3.8, 4) is 0 Å². The summed E-state index contributed by atoms with van der Waals surface area (Å²) in [5.74, 6) is -0.0408. The van der Waals surface area contributed by atoms with E-state index in [0.717, 1.165) is 12.3 Å². The van der Waals surface area contributed by atoms with Crippen LogP contribution in [0.1, 0.15) is 23.5 Å². The van der Waals surface area contributed by atoms with E-state index in [1.807, 2.05) is 4.90 Å². The second kappa shape index (κ2) is 7.07. The van der Waals surface area contributed by atoms with Crippen LogP contribution in [-0.4, -0.2) is 42.0 Å². The highest BCUT2D eigenvalue weighted by atomic mass is 19.4. The van der Waals surface area contributed by atoms with Crippen LogP contribution in [0.5, 0.6) is 0 Å². The number of alkyl halides is 3. The number of rotatable bonds is 3. The van der Waals surface area contributed by atoms with Crippen LogP contribution in [0.15, 0.2) is 42.6 Å². The molecule has 0 bridgehead atoms. The maximum Gasteiger partial charge on any atom is 0.417 e. The number of nitrogens with zero attached hydrogens (tertiary/aromatic N) is 3. The van der Waals surface area contributed by atoms with Crippen molar-refractivity contribution >= 4 is 11.7 Å². The lowest BCUT2D eigenvalue weighted by Crippen LogP contribution is -2.49. The fourth-order valence-corrected chi connectivity index (χ4v) is 3.72. The maximum atomic E-state index is 13.9. The lowest BCUT2D eigenvalue weighted by atomic mass is 10.1. The van der Waals surface area contributed by atoms with Crippen molar-refractivity contribution in [1.82, 2.24) is 9.88 Å². The van der Waals surface area contributed by atoms with Gasteiger partial charge in [0.15, 0.2) is 0 Å². The van der Waals surface area contributed by atoms with Gasteiger partial charge >= 0.3 is 6.18 Å². The molecule has 2 unspecified atom stereocenters. The van der Waals surface area contributed by atoms with Crippen LogP contribution in [0.2, 0.25) is 0 Å². The second-order valence-corrected chi connectivity index (χ2v) is 7.19. The number of carbonyl (C=O) groups excluding carboxylic acids is 1. The van der Waals surface area contributed by atoms with Gasteiger partial charge in [0.25, 0.3) is 0 Å². The number of benzene rings is 1. The Labute approximate surface area is 159 Å². The van der Waals surface area contributed by atoms with Crippen molar-refractivity contribution in [3.63, 3.8) is 0 Å². The topological polar surface area (TPSA) is 36.4 Å². The molecule has 1 aliphatic carbocycles. The van der Waals surface area contributed by atoms with E-state index < -0.39 is 11.7 Å². The fourth-order valence-electron chi connectivity index (χ4n) is 3.72. The lowest BCUT2D eigenvalue weighted by molar-refractivity contribution is -0.138. The van der Waals surface area contributed by atoms with E-state index in [2.05, 4.69) is 4.98 Å². The third-order valence-corrected chi connectivity index (χ3v) is 5.40. The average molecular weight is 393 g/mol. The van der Waals surface area contributed by atoms with Crippen molar-refractivity contribution < 1.29 is 22.4 Å². The third-order valence-electron chi connectivity index (χ3n) is 5.40. The van der Waals surface area contributed by atoms with E-state index in [9.17, 15) is 22.4 Å². The molecule has 1 saturated heterocycles. The van der Waals surface area contributed by atoms with Crippen LogP contribution in [0, 0.1) is 11.7 Å². The molecular weight excluding hydrogens is 374 g/mol. The number of hydrogen-bond donors (Lipinski definition) is 0. The average Bonchev–Trinajstić information content (AvgIpc) is 3.48. The first-order valence-electron chi connectivity index (χ1n) is 9.16. The summed E-state index contributed by atoms with van der Waals surface area (Å²) in [4.78, 5) is 20.2. The van der Waals surface area contributed by atoms with E-state index in [0.29, 0.717) is 44.0 Å². The van der Waals surface area contributed by atoms with E-state index in [1.165, 1.54) is 12.1 Å². The molecule has 2 atom stereocenters. The molecule has 0 radical (unpaired) electrons. The van der Waals surface area contributed by atoms with Gasteiger partial charge in [-0.25, -0.2) is 9.37 Å². The highest BCUT2D eigenvalue weighted by Gasteiger charge is 2.47. The normalized spacial score (nSPS) is 22.3. The van der Waals surface area contributed by atoms with Crippen molar-refractivity contribution in [1.29, 1.82) is 0 Å². The lowest BCUT2D eigenvalue weighted by Gasteiger charge is -2.35. The molecule has 1 amide bonds. The van der Waals surface area contributed by atoms with Gasteiger partial charge in [0, 0.05) is 38.3 Å². The largest absolute Gasteiger partial charge is 0.417 e. The van der Waals surface area contributed by atoms with Crippen molar-refractivity contribution in [2.24, 2.45) is 5.92 Å². The molecule has 148 valence electrons. The van der Waals surface area contributed by atoms with Crippen LogP contribution in [-0.2, 0) is 11.0 Å². The first kappa shape index (κ1) is 18.7. The van der Waals surface area contributed by atoms with Crippen LogP contribution in [0.25, 0.3) is 0 Å². The summed E-state index contributed by atoms with van der Waals surface area (Å²) < 4.78 is 51.8. The molecule has 8 heteroatoms. The standard InChI is InChI=1S/C20H19F4N3O/c21-17-4-2-1-3-14(17)15-11-16(15)19(28)27-9-7-26(8-10-27)18-6-5-13(12-25-18)20(22,23)24/h1-6,12,15-16H,7-11H2. The summed E-state index contributed by atoms with van der Waals surface area (Å²) in [5.41, 5.74) is -0.188. The molecule has 1 aliphatic heterocycles. The smallest absolute Gasteiger partial charge is 0.353 e. The number of carbonyl (C=O) groups is 1. The Bertz CT molecular complexity index is 860. The highest BCUT2D eigenvalue weighted by Crippen LogP contribution is 2.49. The second-order valence-electron chi connectivity index (χ2n) is 7.19. The zero-order valence-electron chi connectivity index (χ0n) is 15.0. The minimum atomic E-state index is -4.41. The quantitative estimate of drug-likeness (QED) is 0.747. The molecule has 0 N–H and O–H groups in total. The SMILES string of the molecule is O=C(C1CC1c1ccccc1F)N1CCN(c2ccc(C(F)(F)F)cn2)CC1. The minimum absolute atomic E-state index is 0.0216. The molecule has 2 aromatic rings. The Kier molecular flexibility index (Phi) is 4.72. The predicted octanol–water partition coefficient (Wildman–Crippen LogP) is 3.69. The van der Waals surface area contributed by atoms with Crippen LogP contribution in [0.3, 0.4) is 0 Å². The minimum Gasteiger partial charge on any atom is -0.353 e. The molecular formula is C20H19F4N3O. The molecule has 2 heterocycles. The number of hydrogen-bond acceptors (Lipinski definition) is 3. The summed E-state index contributed by atoms with van der Waals surface area (Å²) in [5, 5.41) is 0. The Morgan fingerprint density at radius 2 is 1.75 bits per heavy atom. The maximum absolute atomic E-state index is 13.9. The van der Waals surface area contributed by atoms with Gasteiger partial charge in [0.05, 0.1) is 5.56 Å². The predicted molar refractivity (Wildman–Crippen MR) is 95.3 cm³/mol. The first-order chi connectivity index (χ1) is 13.3. The summed E-state index contributed by atoms with van der Waals surface area (Å²) in [6.07, 6.45) is -2.92. The first-order valence-corrected chi connectivity index (χ1v) is 9.16. The van der Waals surface area contributed by atoms with E-state index in [1.54, 1.807) is 23.1 Å². The van der Waals surface area contributed by atoms with Crippen LogP contribution < -0.4 is 4.90 Å². The molecule has 2 aliphatic rings. The number of amides is 1. The zero-order chi connectivity index (χ0) is 19.9. The Morgan fingerprint density at radius 1 is 1.04 bits per heavy atom. The molecule has 1 aromatic carbocycles. The number of halogens is 4. The molecule has 1 aromatic heterocycles. The van der Waals surface area contributed by atoms with Crippen molar-refractivity contribution in [3.05, 3.63) is 59.5 Å². The summed E-state index contributed by atoms with van der Waals surface area (Å²) >= 11 is 0. The summed E-state index contributed by atoms with van der Waals surface area (Å²) in [6.45, 7) is 1.95. The summed E-state index contributed by atoms with van der Waals surface area (Å²) in [7, 11) is 0. The number of pyridine rings is 1. The molecule has 4 rings (SSSR count). The number of aromatic nitrogens is 1. The van der Waals surface area contributed by atoms with E-state index in [4.69, 9.17) is 0 Å². The van der Waals surface area contributed by atoms with Crippen molar-refractivity contribution in [2.45, 2.75) is 18.5 Å². The van der Waals surface area contributed by atoms with Gasteiger partial charge in [-0.05, 0) is 36.1 Å². The molecule has 4 nitrogen and oxygen atoms in total. The highest BCUT2D eigenvalue weighted by molar-refractivity contribution is 5.83. The van der Waals surface area contributed by atoms with E-state index in [-0.39, 0.29) is 23.6 Å². The van der Waals surface area contributed by atoms with Gasteiger partial charge in [-0.1, -0.05) is 18.2 Å². The fraction of sp³-hybridized carbons (Fsp3) is 0.400. The monoisotopic (exact) mass is 393 g/mol. The van der Waals surface area contributed by atoms with Crippen LogP contribution in [0.4, 0.5) is 23.4 Å². The van der Waals surface area contributed by atoms with Gasteiger partial charge in [-0.15, -0.1) is 0 Å². The number of piperazine rings is 1. The third kappa shape index (κ3) is 3.68. The Balaban J connectivity index is 1.33.